The summed E-state index contributed by atoms with van der Waals surface area (Å²) in [6.07, 6.45) is 2.78. The van der Waals surface area contributed by atoms with Crippen LogP contribution in [0, 0.1) is 10.1 Å². The maximum atomic E-state index is 11.7. The van der Waals surface area contributed by atoms with Gasteiger partial charge in [0, 0.05) is 5.56 Å². The number of hydrogen-bond donors (Lipinski definition) is 2. The van der Waals surface area contributed by atoms with E-state index in [1.807, 2.05) is 0 Å². The van der Waals surface area contributed by atoms with Crippen LogP contribution in [0.5, 0.6) is 17.4 Å². The van der Waals surface area contributed by atoms with Crippen LogP contribution in [0.3, 0.4) is 0 Å². The van der Waals surface area contributed by atoms with Crippen molar-refractivity contribution in [3.05, 3.63) is 50.1 Å². The van der Waals surface area contributed by atoms with Gasteiger partial charge in [0.15, 0.2) is 18.1 Å². The minimum Gasteiger partial charge on any atom is -0.490 e. The fourth-order valence-corrected chi connectivity index (χ4v) is 2.16. The zero-order valence-corrected chi connectivity index (χ0v) is 15.0. The van der Waals surface area contributed by atoms with E-state index in [1.165, 1.54) is 19.3 Å². The van der Waals surface area contributed by atoms with Crippen LogP contribution < -0.4 is 15.0 Å². The second-order valence-corrected chi connectivity index (χ2v) is 5.19. The molecule has 1 aromatic heterocycles. The molecular weight excluding hydrogens is 374 g/mol. The number of methoxy groups -OCH3 is 1. The van der Waals surface area contributed by atoms with Crippen LogP contribution in [0.2, 0.25) is 0 Å². The van der Waals surface area contributed by atoms with E-state index in [1.54, 1.807) is 25.1 Å². The molecule has 0 saturated carbocycles. The van der Waals surface area contributed by atoms with Gasteiger partial charge in [-0.2, -0.15) is 4.98 Å². The molecule has 0 aliphatic carbocycles. The highest BCUT2D eigenvalue weighted by molar-refractivity contribution is 5.74. The van der Waals surface area contributed by atoms with Gasteiger partial charge >= 0.3 is 17.2 Å². The van der Waals surface area contributed by atoms with Crippen LogP contribution in [0.15, 0.2) is 23.0 Å². The summed E-state index contributed by atoms with van der Waals surface area (Å²) in [6.45, 7) is 1.78. The fourth-order valence-electron chi connectivity index (χ4n) is 2.16. The number of aromatic amines is 1. The second kappa shape index (κ2) is 9.16. The number of hydrogen-bond acceptors (Lipinski definition) is 9. The molecule has 0 aliphatic heterocycles. The number of nitrogens with zero attached hydrogens (tertiary/aromatic N) is 2. The van der Waals surface area contributed by atoms with E-state index in [9.17, 15) is 24.8 Å². The number of ether oxygens (including phenoxy) is 3. The van der Waals surface area contributed by atoms with Crippen molar-refractivity contribution in [2.75, 3.05) is 20.3 Å². The Bertz CT molecular complexity index is 967. The third kappa shape index (κ3) is 4.84. The number of benzene rings is 1. The number of carbonyl (C=O) groups is 1. The monoisotopic (exact) mass is 391 g/mol. The normalized spacial score (nSPS) is 10.6. The van der Waals surface area contributed by atoms with Gasteiger partial charge in [0.05, 0.1) is 18.6 Å². The first-order chi connectivity index (χ1) is 13.4. The van der Waals surface area contributed by atoms with Crippen molar-refractivity contribution in [3.8, 4) is 17.4 Å². The number of rotatable bonds is 8. The minimum absolute atomic E-state index is 0.117. The number of esters is 1. The predicted octanol–water partition coefficient (Wildman–Crippen LogP) is 1.50. The summed E-state index contributed by atoms with van der Waals surface area (Å²) in [6, 6.07) is 4.97. The van der Waals surface area contributed by atoms with Gasteiger partial charge in [0.1, 0.15) is 5.82 Å². The van der Waals surface area contributed by atoms with Crippen LogP contribution in [0.1, 0.15) is 18.3 Å². The Balaban J connectivity index is 2.39. The highest BCUT2D eigenvalue weighted by Gasteiger charge is 2.21. The molecule has 0 unspecified atom stereocenters. The molecule has 148 valence electrons. The third-order valence-corrected chi connectivity index (χ3v) is 3.37. The molecule has 1 heterocycles. The molecular formula is C17H17N3O8. The molecule has 11 heteroatoms. The lowest BCUT2D eigenvalue weighted by molar-refractivity contribution is -0.387. The van der Waals surface area contributed by atoms with Crippen LogP contribution >= 0.6 is 0 Å². The zero-order valence-electron chi connectivity index (χ0n) is 15.0. The molecule has 2 N–H and O–H groups in total. The average Bonchev–Trinajstić information content (AvgIpc) is 2.64. The SMILES string of the molecule is CCOc1cccc(/C=C/c2nc(O)c([N+](=O)[O-])c(=O)[nH]2)c1OCC(=O)OC. The van der Waals surface area contributed by atoms with Gasteiger partial charge < -0.3 is 24.3 Å². The van der Waals surface area contributed by atoms with Crippen molar-refractivity contribution in [2.24, 2.45) is 0 Å². The molecule has 0 saturated heterocycles. The van der Waals surface area contributed by atoms with Crippen molar-refractivity contribution in [1.82, 2.24) is 9.97 Å². The van der Waals surface area contributed by atoms with Gasteiger partial charge in [-0.3, -0.25) is 14.9 Å². The van der Waals surface area contributed by atoms with Crippen molar-refractivity contribution in [1.29, 1.82) is 0 Å². The topological polar surface area (TPSA) is 154 Å². The Morgan fingerprint density at radius 3 is 2.71 bits per heavy atom. The Morgan fingerprint density at radius 2 is 2.11 bits per heavy atom. The van der Waals surface area contributed by atoms with E-state index >= 15 is 0 Å². The summed E-state index contributed by atoms with van der Waals surface area (Å²) in [4.78, 5) is 38.5. The fraction of sp³-hybridized carbons (Fsp3) is 0.235. The van der Waals surface area contributed by atoms with Gasteiger partial charge in [0.2, 0.25) is 0 Å². The quantitative estimate of drug-likeness (QED) is 0.387. The van der Waals surface area contributed by atoms with Crippen molar-refractivity contribution >= 4 is 23.8 Å². The molecule has 0 fully saturated rings. The number of carbonyl (C=O) groups excluding carboxylic acids is 1. The molecule has 28 heavy (non-hydrogen) atoms. The summed E-state index contributed by atoms with van der Waals surface area (Å²) in [7, 11) is 1.23. The predicted molar refractivity (Wildman–Crippen MR) is 97.2 cm³/mol. The Labute approximate surface area is 158 Å². The third-order valence-electron chi connectivity index (χ3n) is 3.37. The van der Waals surface area contributed by atoms with Crippen LogP contribution in [-0.2, 0) is 9.53 Å². The molecule has 0 bridgehead atoms. The summed E-state index contributed by atoms with van der Waals surface area (Å²) < 4.78 is 15.5. The first-order valence-electron chi connectivity index (χ1n) is 7.98. The first-order valence-corrected chi connectivity index (χ1v) is 7.98. The van der Waals surface area contributed by atoms with E-state index in [4.69, 9.17) is 9.47 Å². The van der Waals surface area contributed by atoms with Gasteiger partial charge in [-0.25, -0.2) is 4.79 Å². The maximum Gasteiger partial charge on any atom is 0.395 e. The van der Waals surface area contributed by atoms with Gasteiger partial charge in [-0.05, 0) is 25.1 Å². The van der Waals surface area contributed by atoms with Crippen LogP contribution in [-0.4, -0.2) is 46.3 Å². The summed E-state index contributed by atoms with van der Waals surface area (Å²) in [5, 5.41) is 20.3. The van der Waals surface area contributed by atoms with E-state index in [0.29, 0.717) is 17.9 Å². The molecule has 0 amide bonds. The minimum atomic E-state index is -1.10. The smallest absolute Gasteiger partial charge is 0.395 e. The second-order valence-electron chi connectivity index (χ2n) is 5.19. The number of aromatic nitrogens is 2. The van der Waals surface area contributed by atoms with E-state index in [0.717, 1.165) is 0 Å². The largest absolute Gasteiger partial charge is 0.490 e. The van der Waals surface area contributed by atoms with E-state index < -0.39 is 28.0 Å². The summed E-state index contributed by atoms with van der Waals surface area (Å²) >= 11 is 0. The Kier molecular flexibility index (Phi) is 6.68. The maximum absolute atomic E-state index is 11.7. The van der Waals surface area contributed by atoms with Gasteiger partial charge in [0.25, 0.3) is 5.88 Å². The molecule has 2 aromatic rings. The summed E-state index contributed by atoms with van der Waals surface area (Å²) in [5.41, 5.74) is -1.67. The van der Waals surface area contributed by atoms with Crippen LogP contribution in [0.25, 0.3) is 12.2 Å². The zero-order chi connectivity index (χ0) is 20.7. The summed E-state index contributed by atoms with van der Waals surface area (Å²) in [5.74, 6) is -1.08. The number of H-pyrrole nitrogens is 1. The van der Waals surface area contributed by atoms with Gasteiger partial charge in [-0.1, -0.05) is 12.1 Å². The number of nitro groups is 1. The molecule has 0 aliphatic rings. The molecule has 11 nitrogen and oxygen atoms in total. The van der Waals surface area contributed by atoms with Crippen LogP contribution in [0.4, 0.5) is 5.69 Å². The first kappa shape index (κ1) is 20.4. The Morgan fingerprint density at radius 1 is 1.36 bits per heavy atom. The lowest BCUT2D eigenvalue weighted by Gasteiger charge is -2.13. The van der Waals surface area contributed by atoms with E-state index in [2.05, 4.69) is 14.7 Å². The molecule has 1 aromatic carbocycles. The molecule has 0 radical (unpaired) electrons. The Hall–Kier alpha value is -3.89. The number of nitrogens with one attached hydrogen (secondary N) is 1. The molecule has 2 rings (SSSR count). The molecule has 0 spiro atoms. The van der Waals surface area contributed by atoms with Crippen molar-refractivity contribution < 1.29 is 29.0 Å². The lowest BCUT2D eigenvalue weighted by Crippen LogP contribution is -2.14. The van der Waals surface area contributed by atoms with Crippen molar-refractivity contribution in [2.45, 2.75) is 6.92 Å². The average molecular weight is 391 g/mol. The van der Waals surface area contributed by atoms with Gasteiger partial charge in [-0.15, -0.1) is 0 Å². The number of para-hydroxylation sites is 1. The van der Waals surface area contributed by atoms with E-state index in [-0.39, 0.29) is 18.2 Å². The molecule has 0 atom stereocenters. The standard InChI is InChI=1S/C17H17N3O8/c1-3-27-11-6-4-5-10(15(11)28-9-13(21)26-2)7-8-12-18-16(22)14(20(24)25)17(23)19-12/h4-8H,3,9H2,1-2H3,(H2,18,19,22,23)/b8-7+. The highest BCUT2D eigenvalue weighted by Crippen LogP contribution is 2.32. The lowest BCUT2D eigenvalue weighted by atomic mass is 10.1. The van der Waals surface area contributed by atoms with Crippen molar-refractivity contribution in [3.63, 3.8) is 0 Å². The highest BCUT2D eigenvalue weighted by atomic mass is 16.6. The number of aromatic hydroxyl groups is 1.